The fourth-order valence-corrected chi connectivity index (χ4v) is 2.64. The van der Waals surface area contributed by atoms with Crippen LogP contribution < -0.4 is 10.1 Å². The lowest BCUT2D eigenvalue weighted by Gasteiger charge is -2.30. The molecular formula is C17H24N2O4. The van der Waals surface area contributed by atoms with Crippen LogP contribution in [-0.4, -0.2) is 44.2 Å². The minimum Gasteiger partial charge on any atom is -0.496 e. The lowest BCUT2D eigenvalue weighted by Crippen LogP contribution is -2.43. The Kier molecular flexibility index (Phi) is 5.84. The van der Waals surface area contributed by atoms with E-state index in [0.717, 1.165) is 31.5 Å². The summed E-state index contributed by atoms with van der Waals surface area (Å²) in [6, 6.07) is 5.15. The third-order valence-corrected chi connectivity index (χ3v) is 4.18. The number of esters is 1. The smallest absolute Gasteiger partial charge is 0.341 e. The predicted molar refractivity (Wildman–Crippen MR) is 86.5 cm³/mol. The van der Waals surface area contributed by atoms with E-state index < -0.39 is 5.97 Å². The maximum atomic E-state index is 12.2. The normalized spacial score (nSPS) is 15.2. The highest BCUT2D eigenvalue weighted by molar-refractivity contribution is 5.92. The van der Waals surface area contributed by atoms with Crippen molar-refractivity contribution in [3.05, 3.63) is 29.3 Å². The minimum atomic E-state index is -0.458. The van der Waals surface area contributed by atoms with Gasteiger partial charge >= 0.3 is 12.0 Å². The SMILES string of the molecule is COC(=O)c1cc(CNC(=O)N2CCC(C)CC2)ccc1OC. The van der Waals surface area contributed by atoms with Crippen molar-refractivity contribution in [1.29, 1.82) is 0 Å². The summed E-state index contributed by atoms with van der Waals surface area (Å²) in [5.74, 6) is 0.681. The Hall–Kier alpha value is -2.24. The van der Waals surface area contributed by atoms with Crippen LogP contribution in [0.15, 0.2) is 18.2 Å². The van der Waals surface area contributed by atoms with Gasteiger partial charge in [0.15, 0.2) is 0 Å². The maximum absolute atomic E-state index is 12.2. The van der Waals surface area contributed by atoms with Crippen LogP contribution in [0, 0.1) is 5.92 Å². The van der Waals surface area contributed by atoms with Gasteiger partial charge in [0.25, 0.3) is 0 Å². The second kappa shape index (κ2) is 7.85. The predicted octanol–water partition coefficient (Wildman–Crippen LogP) is 2.42. The number of piperidine rings is 1. The summed E-state index contributed by atoms with van der Waals surface area (Å²) < 4.78 is 9.91. The third kappa shape index (κ3) is 4.37. The molecule has 1 aromatic rings. The van der Waals surface area contributed by atoms with Crippen LogP contribution in [0.2, 0.25) is 0 Å². The third-order valence-electron chi connectivity index (χ3n) is 4.18. The van der Waals surface area contributed by atoms with Gasteiger partial charge < -0.3 is 19.7 Å². The number of benzene rings is 1. The first kappa shape index (κ1) is 17.1. The van der Waals surface area contributed by atoms with Gasteiger partial charge in [-0.25, -0.2) is 9.59 Å². The summed E-state index contributed by atoms with van der Waals surface area (Å²) in [7, 11) is 2.83. The van der Waals surface area contributed by atoms with Crippen molar-refractivity contribution < 1.29 is 19.1 Å². The largest absolute Gasteiger partial charge is 0.496 e. The van der Waals surface area contributed by atoms with Gasteiger partial charge in [0.1, 0.15) is 11.3 Å². The molecular weight excluding hydrogens is 296 g/mol. The molecule has 6 nitrogen and oxygen atoms in total. The molecule has 1 heterocycles. The van der Waals surface area contributed by atoms with Crippen molar-refractivity contribution in [1.82, 2.24) is 10.2 Å². The van der Waals surface area contributed by atoms with Gasteiger partial charge in [-0.3, -0.25) is 0 Å². The molecule has 0 spiro atoms. The Morgan fingerprint density at radius 1 is 1.26 bits per heavy atom. The number of nitrogens with zero attached hydrogens (tertiary/aromatic N) is 1. The lowest BCUT2D eigenvalue weighted by atomic mass is 10.00. The maximum Gasteiger partial charge on any atom is 0.341 e. The highest BCUT2D eigenvalue weighted by Gasteiger charge is 2.20. The summed E-state index contributed by atoms with van der Waals surface area (Å²) in [5.41, 5.74) is 1.18. The van der Waals surface area contributed by atoms with Crippen LogP contribution in [0.5, 0.6) is 5.75 Å². The Bertz CT molecular complexity index is 566. The first-order valence-electron chi connectivity index (χ1n) is 7.83. The highest BCUT2D eigenvalue weighted by atomic mass is 16.5. The molecule has 0 unspecified atom stereocenters. The van der Waals surface area contributed by atoms with Gasteiger partial charge in [0, 0.05) is 19.6 Å². The van der Waals surface area contributed by atoms with Gasteiger partial charge in [-0.2, -0.15) is 0 Å². The van der Waals surface area contributed by atoms with E-state index in [4.69, 9.17) is 9.47 Å². The van der Waals surface area contributed by atoms with Crippen molar-refractivity contribution in [2.45, 2.75) is 26.3 Å². The molecule has 0 bridgehead atoms. The van der Waals surface area contributed by atoms with Gasteiger partial charge in [-0.05, 0) is 36.5 Å². The number of hydrogen-bond donors (Lipinski definition) is 1. The number of methoxy groups -OCH3 is 2. The number of amides is 2. The fourth-order valence-electron chi connectivity index (χ4n) is 2.64. The van der Waals surface area contributed by atoms with E-state index in [2.05, 4.69) is 12.2 Å². The number of likely N-dealkylation sites (tertiary alicyclic amines) is 1. The number of carbonyl (C=O) groups is 2. The number of carbonyl (C=O) groups excluding carboxylic acids is 2. The summed E-state index contributed by atoms with van der Waals surface area (Å²) in [5, 5.41) is 2.90. The molecule has 1 saturated heterocycles. The molecule has 23 heavy (non-hydrogen) atoms. The molecule has 1 fully saturated rings. The van der Waals surface area contributed by atoms with Crippen LogP contribution in [-0.2, 0) is 11.3 Å². The molecule has 1 aromatic carbocycles. The number of rotatable bonds is 4. The van der Waals surface area contributed by atoms with E-state index in [-0.39, 0.29) is 6.03 Å². The topological polar surface area (TPSA) is 67.9 Å². The van der Waals surface area contributed by atoms with Crippen molar-refractivity contribution in [2.75, 3.05) is 27.3 Å². The van der Waals surface area contributed by atoms with E-state index in [1.165, 1.54) is 14.2 Å². The average Bonchev–Trinajstić information content (AvgIpc) is 2.59. The van der Waals surface area contributed by atoms with Crippen LogP contribution >= 0.6 is 0 Å². The molecule has 2 amide bonds. The molecule has 0 aromatic heterocycles. The molecule has 6 heteroatoms. The molecule has 2 rings (SSSR count). The van der Waals surface area contributed by atoms with Gasteiger partial charge in [-0.1, -0.05) is 13.0 Å². The van der Waals surface area contributed by atoms with E-state index >= 15 is 0 Å². The molecule has 1 aliphatic heterocycles. The second-order valence-electron chi connectivity index (χ2n) is 5.85. The van der Waals surface area contributed by atoms with Crippen molar-refractivity contribution >= 4 is 12.0 Å². The quantitative estimate of drug-likeness (QED) is 0.865. The Labute approximate surface area is 136 Å². The average molecular weight is 320 g/mol. The Morgan fingerprint density at radius 2 is 1.96 bits per heavy atom. The molecule has 0 atom stereocenters. The Balaban J connectivity index is 1.97. The molecule has 126 valence electrons. The Morgan fingerprint density at radius 3 is 2.57 bits per heavy atom. The standard InChI is InChI=1S/C17H24N2O4/c1-12-6-8-19(9-7-12)17(21)18-11-13-4-5-15(22-2)14(10-13)16(20)23-3/h4-5,10,12H,6-9,11H2,1-3H3,(H,18,21). The van der Waals surface area contributed by atoms with Crippen LogP contribution in [0.3, 0.4) is 0 Å². The first-order valence-corrected chi connectivity index (χ1v) is 7.83. The minimum absolute atomic E-state index is 0.0627. The molecule has 1 N–H and O–H groups in total. The van der Waals surface area contributed by atoms with E-state index in [0.29, 0.717) is 23.8 Å². The summed E-state index contributed by atoms with van der Waals surface area (Å²) in [4.78, 5) is 25.8. The highest BCUT2D eigenvalue weighted by Crippen LogP contribution is 2.21. The number of hydrogen-bond acceptors (Lipinski definition) is 4. The molecule has 0 saturated carbocycles. The van der Waals surface area contributed by atoms with E-state index in [9.17, 15) is 9.59 Å². The zero-order valence-electron chi connectivity index (χ0n) is 13.9. The van der Waals surface area contributed by atoms with Crippen LogP contribution in [0.1, 0.15) is 35.7 Å². The van der Waals surface area contributed by atoms with Gasteiger partial charge in [0.2, 0.25) is 0 Å². The monoisotopic (exact) mass is 320 g/mol. The number of nitrogens with one attached hydrogen (secondary N) is 1. The summed E-state index contributed by atoms with van der Waals surface area (Å²) in [6.07, 6.45) is 2.09. The molecule has 0 aliphatic carbocycles. The van der Waals surface area contributed by atoms with Crippen molar-refractivity contribution in [2.24, 2.45) is 5.92 Å². The van der Waals surface area contributed by atoms with Crippen molar-refractivity contribution in [3.8, 4) is 5.75 Å². The summed E-state index contributed by atoms with van der Waals surface area (Å²) in [6.45, 7) is 4.16. The molecule has 1 aliphatic rings. The second-order valence-corrected chi connectivity index (χ2v) is 5.85. The van der Waals surface area contributed by atoms with Gasteiger partial charge in [0.05, 0.1) is 14.2 Å². The zero-order valence-corrected chi connectivity index (χ0v) is 13.9. The van der Waals surface area contributed by atoms with Crippen molar-refractivity contribution in [3.63, 3.8) is 0 Å². The fraction of sp³-hybridized carbons (Fsp3) is 0.529. The zero-order chi connectivity index (χ0) is 16.8. The first-order chi connectivity index (χ1) is 11.0. The van der Waals surface area contributed by atoms with Gasteiger partial charge in [-0.15, -0.1) is 0 Å². The van der Waals surface area contributed by atoms with E-state index in [1.54, 1.807) is 12.1 Å². The van der Waals surface area contributed by atoms with E-state index in [1.807, 2.05) is 11.0 Å². The summed E-state index contributed by atoms with van der Waals surface area (Å²) >= 11 is 0. The van der Waals surface area contributed by atoms with Crippen LogP contribution in [0.4, 0.5) is 4.79 Å². The molecule has 0 radical (unpaired) electrons. The number of ether oxygens (including phenoxy) is 2. The number of urea groups is 1. The van der Waals surface area contributed by atoms with Crippen LogP contribution in [0.25, 0.3) is 0 Å². The lowest BCUT2D eigenvalue weighted by molar-refractivity contribution is 0.0597.